The molecule has 0 fully saturated rings. The van der Waals surface area contributed by atoms with Gasteiger partial charge < -0.3 is 14.8 Å². The van der Waals surface area contributed by atoms with Crippen molar-refractivity contribution in [2.45, 2.75) is 78.1 Å². The van der Waals surface area contributed by atoms with E-state index in [0.717, 1.165) is 29.9 Å². The van der Waals surface area contributed by atoms with Crippen molar-refractivity contribution in [3.63, 3.8) is 0 Å². The van der Waals surface area contributed by atoms with Gasteiger partial charge >= 0.3 is 11.9 Å². The molecule has 0 aliphatic carbocycles. The van der Waals surface area contributed by atoms with E-state index in [2.05, 4.69) is 17.0 Å². The second-order valence-electron chi connectivity index (χ2n) is 8.73. The normalized spacial score (nSPS) is 10.9. The van der Waals surface area contributed by atoms with Crippen molar-refractivity contribution in [3.05, 3.63) is 59.7 Å². The molecule has 0 heterocycles. The Kier molecular flexibility index (Phi) is 14.0. The summed E-state index contributed by atoms with van der Waals surface area (Å²) in [6.45, 7) is 4.86. The van der Waals surface area contributed by atoms with Crippen molar-refractivity contribution in [2.75, 3.05) is 18.5 Å². The number of amides is 1. The number of hydrogen-bond acceptors (Lipinski definition) is 4. The predicted octanol–water partition coefficient (Wildman–Crippen LogP) is 7.66. The Hall–Kier alpha value is -3.08. The van der Waals surface area contributed by atoms with E-state index in [0.29, 0.717) is 5.69 Å². The Morgan fingerprint density at radius 1 is 0.714 bits per heavy atom. The largest absolute Gasteiger partial charge is 0.494 e. The van der Waals surface area contributed by atoms with Crippen LogP contribution in [0.1, 0.15) is 89.2 Å². The lowest BCUT2D eigenvalue weighted by Crippen LogP contribution is -2.24. The van der Waals surface area contributed by atoms with Gasteiger partial charge in [-0.3, -0.25) is 4.79 Å². The third kappa shape index (κ3) is 12.3. The highest BCUT2D eigenvalue weighted by Crippen LogP contribution is 2.17. The molecule has 0 aliphatic rings. The summed E-state index contributed by atoms with van der Waals surface area (Å²) in [6.07, 6.45) is 17.3. The van der Waals surface area contributed by atoms with Crippen LogP contribution in [0.15, 0.2) is 48.5 Å². The maximum atomic E-state index is 11.7. The van der Waals surface area contributed by atoms with Gasteiger partial charge in [0, 0.05) is 5.69 Å². The lowest BCUT2D eigenvalue weighted by molar-refractivity contribution is -0.152. The highest BCUT2D eigenvalue weighted by atomic mass is 16.5. The van der Waals surface area contributed by atoms with Gasteiger partial charge in [0.1, 0.15) is 5.75 Å². The minimum atomic E-state index is -0.882. The fourth-order valence-electron chi connectivity index (χ4n) is 3.70. The van der Waals surface area contributed by atoms with E-state index < -0.39 is 11.9 Å². The number of rotatable bonds is 16. The molecule has 5 heteroatoms. The Morgan fingerprint density at radius 2 is 1.23 bits per heavy atom. The van der Waals surface area contributed by atoms with Crippen LogP contribution in [0, 0.1) is 0 Å². The standard InChI is InChI=1S/C30H41NO4/c1-3-5-6-7-8-9-10-11-12-13-24-35-28-22-18-26(19-23-28)15-14-25-16-20-27(21-17-25)31-29(32)30(33)34-4-2/h14-23H,3-13,24H2,1-2H3,(H,31,32)/b15-14-. The van der Waals surface area contributed by atoms with Crippen molar-refractivity contribution >= 4 is 29.7 Å². The summed E-state index contributed by atoms with van der Waals surface area (Å²) in [5.74, 6) is -0.752. The average Bonchev–Trinajstić information content (AvgIpc) is 2.87. The average molecular weight is 480 g/mol. The van der Waals surface area contributed by atoms with Crippen molar-refractivity contribution in [3.8, 4) is 5.75 Å². The fraction of sp³-hybridized carbons (Fsp3) is 0.467. The van der Waals surface area contributed by atoms with Gasteiger partial charge in [-0.25, -0.2) is 4.79 Å². The van der Waals surface area contributed by atoms with Gasteiger partial charge in [-0.1, -0.05) is 101 Å². The molecule has 0 spiro atoms. The molecule has 0 saturated heterocycles. The minimum Gasteiger partial charge on any atom is -0.494 e. The Balaban J connectivity index is 1.63. The summed E-state index contributed by atoms with van der Waals surface area (Å²) in [6, 6.07) is 15.3. The van der Waals surface area contributed by atoms with Crippen molar-refractivity contribution in [2.24, 2.45) is 0 Å². The maximum absolute atomic E-state index is 11.7. The number of carbonyl (C=O) groups excluding carboxylic acids is 2. The van der Waals surface area contributed by atoms with Gasteiger partial charge in [-0.15, -0.1) is 0 Å². The molecule has 1 amide bonds. The lowest BCUT2D eigenvalue weighted by atomic mass is 10.1. The quantitative estimate of drug-likeness (QED) is 0.116. The van der Waals surface area contributed by atoms with E-state index in [1.165, 1.54) is 57.8 Å². The van der Waals surface area contributed by atoms with E-state index in [1.54, 1.807) is 19.1 Å². The number of carbonyl (C=O) groups is 2. The molecular formula is C30H41NO4. The predicted molar refractivity (Wildman–Crippen MR) is 144 cm³/mol. The summed E-state index contributed by atoms with van der Waals surface area (Å²) in [5.41, 5.74) is 2.61. The van der Waals surface area contributed by atoms with E-state index in [4.69, 9.17) is 4.74 Å². The Morgan fingerprint density at radius 3 is 1.77 bits per heavy atom. The van der Waals surface area contributed by atoms with Crippen LogP contribution in [-0.4, -0.2) is 25.1 Å². The molecular weight excluding hydrogens is 438 g/mol. The number of benzene rings is 2. The zero-order valence-electron chi connectivity index (χ0n) is 21.4. The summed E-state index contributed by atoms with van der Waals surface area (Å²) in [7, 11) is 0. The number of hydrogen-bond donors (Lipinski definition) is 1. The SMILES string of the molecule is CCCCCCCCCCCCOc1ccc(/C=C\c2ccc(NC(=O)C(=O)OCC)cc2)cc1. The molecule has 0 aromatic heterocycles. The summed E-state index contributed by atoms with van der Waals surface area (Å²) < 4.78 is 10.6. The molecule has 0 saturated carbocycles. The third-order valence-electron chi connectivity index (χ3n) is 5.74. The Labute approximate surface area is 210 Å². The first-order chi connectivity index (χ1) is 17.1. The molecule has 190 valence electrons. The first-order valence-electron chi connectivity index (χ1n) is 13.1. The van der Waals surface area contributed by atoms with Crippen LogP contribution in [0.25, 0.3) is 12.2 Å². The van der Waals surface area contributed by atoms with Gasteiger partial charge in [0.2, 0.25) is 0 Å². The van der Waals surface area contributed by atoms with Crippen molar-refractivity contribution < 1.29 is 19.1 Å². The van der Waals surface area contributed by atoms with E-state index in [1.807, 2.05) is 48.6 Å². The van der Waals surface area contributed by atoms with Crippen LogP contribution in [-0.2, 0) is 14.3 Å². The topological polar surface area (TPSA) is 64.6 Å². The molecule has 35 heavy (non-hydrogen) atoms. The molecule has 2 aromatic rings. The molecule has 2 aromatic carbocycles. The maximum Gasteiger partial charge on any atom is 0.397 e. The van der Waals surface area contributed by atoms with Crippen molar-refractivity contribution in [1.82, 2.24) is 0 Å². The molecule has 2 rings (SSSR count). The number of ether oxygens (including phenoxy) is 2. The number of anilines is 1. The molecule has 0 unspecified atom stereocenters. The highest BCUT2D eigenvalue weighted by Gasteiger charge is 2.14. The molecule has 0 bridgehead atoms. The smallest absolute Gasteiger partial charge is 0.397 e. The molecule has 0 radical (unpaired) electrons. The van der Waals surface area contributed by atoms with Crippen LogP contribution in [0.3, 0.4) is 0 Å². The molecule has 5 nitrogen and oxygen atoms in total. The van der Waals surface area contributed by atoms with E-state index >= 15 is 0 Å². The van der Waals surface area contributed by atoms with Gasteiger partial charge in [0.15, 0.2) is 0 Å². The zero-order chi connectivity index (χ0) is 25.1. The number of esters is 1. The second kappa shape index (κ2) is 17.4. The van der Waals surface area contributed by atoms with Gasteiger partial charge in [0.25, 0.3) is 0 Å². The van der Waals surface area contributed by atoms with Crippen LogP contribution >= 0.6 is 0 Å². The lowest BCUT2D eigenvalue weighted by Gasteiger charge is -2.07. The summed E-state index contributed by atoms with van der Waals surface area (Å²) >= 11 is 0. The molecule has 0 aliphatic heterocycles. The monoisotopic (exact) mass is 479 g/mol. The number of unbranched alkanes of at least 4 members (excludes halogenated alkanes) is 9. The van der Waals surface area contributed by atoms with E-state index in [-0.39, 0.29) is 6.61 Å². The first kappa shape index (κ1) is 28.2. The molecule has 1 N–H and O–H groups in total. The van der Waals surface area contributed by atoms with Gasteiger partial charge in [0.05, 0.1) is 13.2 Å². The first-order valence-corrected chi connectivity index (χ1v) is 13.1. The van der Waals surface area contributed by atoms with Gasteiger partial charge in [-0.2, -0.15) is 0 Å². The van der Waals surface area contributed by atoms with Crippen LogP contribution in [0.5, 0.6) is 5.75 Å². The molecule has 0 atom stereocenters. The fourth-order valence-corrected chi connectivity index (χ4v) is 3.70. The summed E-state index contributed by atoms with van der Waals surface area (Å²) in [4.78, 5) is 23.1. The summed E-state index contributed by atoms with van der Waals surface area (Å²) in [5, 5.41) is 2.52. The van der Waals surface area contributed by atoms with Crippen LogP contribution in [0.4, 0.5) is 5.69 Å². The second-order valence-corrected chi connectivity index (χ2v) is 8.73. The number of nitrogens with one attached hydrogen (secondary N) is 1. The third-order valence-corrected chi connectivity index (χ3v) is 5.74. The highest BCUT2D eigenvalue weighted by molar-refractivity contribution is 6.37. The van der Waals surface area contributed by atoms with Gasteiger partial charge in [-0.05, 0) is 48.7 Å². The van der Waals surface area contributed by atoms with Crippen LogP contribution < -0.4 is 10.1 Å². The van der Waals surface area contributed by atoms with Crippen molar-refractivity contribution in [1.29, 1.82) is 0 Å². The zero-order valence-corrected chi connectivity index (χ0v) is 21.4. The van der Waals surface area contributed by atoms with E-state index in [9.17, 15) is 9.59 Å². The minimum absolute atomic E-state index is 0.169. The van der Waals surface area contributed by atoms with Crippen LogP contribution in [0.2, 0.25) is 0 Å². The Bertz CT molecular complexity index is 888.